The number of aryl methyl sites for hydroxylation is 2. The number of hydrogen-bond acceptors (Lipinski definition) is 0. The molecule has 120 valence electrons. The minimum absolute atomic E-state index is 0.157. The summed E-state index contributed by atoms with van der Waals surface area (Å²) in [7, 11) is 0. The molecule has 0 nitrogen and oxygen atoms in total. The van der Waals surface area contributed by atoms with Crippen LogP contribution in [0.4, 0.5) is 30.7 Å². The van der Waals surface area contributed by atoms with Crippen LogP contribution in [0.3, 0.4) is 0 Å². The van der Waals surface area contributed by atoms with Crippen molar-refractivity contribution in [1.82, 2.24) is 0 Å². The summed E-state index contributed by atoms with van der Waals surface area (Å²) in [6.45, 7) is 2.90. The second kappa shape index (κ2) is 4.86. The van der Waals surface area contributed by atoms with Gasteiger partial charge in [-0.1, -0.05) is 30.3 Å². The van der Waals surface area contributed by atoms with Crippen LogP contribution in [0.5, 0.6) is 0 Å². The van der Waals surface area contributed by atoms with Crippen molar-refractivity contribution in [2.45, 2.75) is 31.9 Å². The number of benzene rings is 2. The van der Waals surface area contributed by atoms with Gasteiger partial charge in [-0.15, -0.1) is 0 Å². The van der Waals surface area contributed by atoms with Crippen molar-refractivity contribution in [2.24, 2.45) is 0 Å². The van der Waals surface area contributed by atoms with Gasteiger partial charge >= 0.3 is 18.0 Å². The first-order valence-electron chi connectivity index (χ1n) is 6.23. The van der Waals surface area contributed by atoms with E-state index in [9.17, 15) is 30.7 Å². The normalized spacial score (nSPS) is 13.7. The lowest BCUT2D eigenvalue weighted by atomic mass is 9.86. The van der Waals surface area contributed by atoms with Crippen LogP contribution in [0.15, 0.2) is 30.3 Å². The molecule has 0 heterocycles. The van der Waals surface area contributed by atoms with Crippen LogP contribution in [0.25, 0.3) is 10.8 Å². The molecular formula is C15H11F7. The summed E-state index contributed by atoms with van der Waals surface area (Å²) < 4.78 is 92.0. The highest BCUT2D eigenvalue weighted by atomic mass is 19.4. The molecule has 0 fully saturated rings. The predicted octanol–water partition coefficient (Wildman–Crippen LogP) is 5.75. The van der Waals surface area contributed by atoms with Gasteiger partial charge in [0.1, 0.15) is 0 Å². The van der Waals surface area contributed by atoms with Crippen molar-refractivity contribution in [3.05, 3.63) is 47.0 Å². The van der Waals surface area contributed by atoms with Crippen LogP contribution < -0.4 is 0 Å². The van der Waals surface area contributed by atoms with Crippen LogP contribution in [0.1, 0.15) is 16.7 Å². The highest BCUT2D eigenvalue weighted by molar-refractivity contribution is 5.90. The molecule has 0 amide bonds. The van der Waals surface area contributed by atoms with E-state index in [1.165, 1.54) is 25.1 Å². The van der Waals surface area contributed by atoms with Gasteiger partial charge in [0.05, 0.1) is 0 Å². The standard InChI is InChI=1S/C15H11F7/c1-8-7-12(11-6-4-3-5-10(11)9(8)2)13(16,14(17,18)19)15(20,21)22/h3-7H,1-2H3. The van der Waals surface area contributed by atoms with Crippen LogP contribution in [-0.4, -0.2) is 12.4 Å². The first-order valence-corrected chi connectivity index (χ1v) is 6.23. The van der Waals surface area contributed by atoms with Gasteiger partial charge in [-0.2, -0.15) is 26.3 Å². The molecule has 0 saturated heterocycles. The van der Waals surface area contributed by atoms with Gasteiger partial charge in [0.2, 0.25) is 0 Å². The van der Waals surface area contributed by atoms with E-state index in [0.717, 1.165) is 6.07 Å². The third-order valence-electron chi connectivity index (χ3n) is 3.73. The topological polar surface area (TPSA) is 0 Å². The third kappa shape index (κ3) is 2.23. The van der Waals surface area contributed by atoms with Gasteiger partial charge in [0.15, 0.2) is 0 Å². The van der Waals surface area contributed by atoms with Gasteiger partial charge < -0.3 is 0 Å². The first-order chi connectivity index (χ1) is 9.91. The zero-order valence-corrected chi connectivity index (χ0v) is 11.5. The van der Waals surface area contributed by atoms with Crippen LogP contribution >= 0.6 is 0 Å². The smallest absolute Gasteiger partial charge is 0.218 e. The van der Waals surface area contributed by atoms with E-state index in [1.54, 1.807) is 6.92 Å². The maximum Gasteiger partial charge on any atom is 0.435 e. The monoisotopic (exact) mass is 324 g/mol. The fourth-order valence-corrected chi connectivity index (χ4v) is 2.41. The zero-order chi connectivity index (χ0) is 16.9. The Balaban J connectivity index is 2.97. The number of hydrogen-bond donors (Lipinski definition) is 0. The molecule has 0 aliphatic carbocycles. The molecule has 0 spiro atoms. The van der Waals surface area contributed by atoms with Gasteiger partial charge in [-0.05, 0) is 35.7 Å². The molecule has 0 radical (unpaired) electrons. The lowest BCUT2D eigenvalue weighted by molar-refractivity contribution is -0.348. The number of fused-ring (bicyclic) bond motifs is 1. The van der Waals surface area contributed by atoms with E-state index in [-0.39, 0.29) is 10.9 Å². The number of rotatable bonds is 1. The van der Waals surface area contributed by atoms with E-state index >= 15 is 0 Å². The van der Waals surface area contributed by atoms with Crippen molar-refractivity contribution >= 4 is 10.8 Å². The Kier molecular flexibility index (Phi) is 3.66. The van der Waals surface area contributed by atoms with Crippen LogP contribution in [-0.2, 0) is 5.67 Å². The Morgan fingerprint density at radius 2 is 1.18 bits per heavy atom. The van der Waals surface area contributed by atoms with Crippen molar-refractivity contribution < 1.29 is 30.7 Å². The zero-order valence-electron chi connectivity index (χ0n) is 11.5. The minimum Gasteiger partial charge on any atom is -0.218 e. The molecular weight excluding hydrogens is 313 g/mol. The summed E-state index contributed by atoms with van der Waals surface area (Å²) in [6.07, 6.45) is -12.2. The maximum atomic E-state index is 14.3. The van der Waals surface area contributed by atoms with Crippen molar-refractivity contribution in [3.8, 4) is 0 Å². The third-order valence-corrected chi connectivity index (χ3v) is 3.73. The summed E-state index contributed by atoms with van der Waals surface area (Å²) in [4.78, 5) is 0. The summed E-state index contributed by atoms with van der Waals surface area (Å²) in [5.74, 6) is 0. The molecule has 2 aromatic carbocycles. The van der Waals surface area contributed by atoms with Crippen LogP contribution in [0.2, 0.25) is 0 Å². The number of alkyl halides is 7. The SMILES string of the molecule is Cc1cc(C(F)(C(F)(F)F)C(F)(F)F)c2ccccc2c1C. The fourth-order valence-electron chi connectivity index (χ4n) is 2.41. The lowest BCUT2D eigenvalue weighted by Crippen LogP contribution is -2.50. The highest BCUT2D eigenvalue weighted by Gasteiger charge is 2.73. The summed E-state index contributed by atoms with van der Waals surface area (Å²) in [5, 5.41) is -0.240. The molecule has 2 aromatic rings. The second-order valence-electron chi connectivity index (χ2n) is 5.07. The second-order valence-corrected chi connectivity index (χ2v) is 5.07. The minimum atomic E-state index is -6.12. The van der Waals surface area contributed by atoms with Crippen molar-refractivity contribution in [1.29, 1.82) is 0 Å². The van der Waals surface area contributed by atoms with E-state index in [4.69, 9.17) is 0 Å². The van der Waals surface area contributed by atoms with E-state index < -0.39 is 29.0 Å². The fraction of sp³-hybridized carbons (Fsp3) is 0.333. The molecule has 0 aliphatic heterocycles. The Hall–Kier alpha value is -1.79. The lowest BCUT2D eigenvalue weighted by Gasteiger charge is -2.31. The number of halogens is 7. The maximum absolute atomic E-state index is 14.3. The van der Waals surface area contributed by atoms with Gasteiger partial charge in [0, 0.05) is 5.56 Å². The molecule has 0 aliphatic rings. The molecule has 0 saturated carbocycles. The quantitative estimate of drug-likeness (QED) is 0.586. The summed E-state index contributed by atoms with van der Waals surface area (Å²) in [5.41, 5.74) is -6.18. The van der Waals surface area contributed by atoms with Gasteiger partial charge in [-0.25, -0.2) is 4.39 Å². The molecule has 0 unspecified atom stereocenters. The Morgan fingerprint density at radius 1 is 0.727 bits per heavy atom. The molecule has 0 atom stereocenters. The molecule has 7 heteroatoms. The molecule has 0 aromatic heterocycles. The molecule has 2 rings (SSSR count). The molecule has 0 N–H and O–H groups in total. The predicted molar refractivity (Wildman–Crippen MR) is 68.3 cm³/mol. The summed E-state index contributed by atoms with van der Waals surface area (Å²) >= 11 is 0. The average Bonchev–Trinajstić information content (AvgIpc) is 2.39. The Morgan fingerprint density at radius 3 is 1.64 bits per heavy atom. The van der Waals surface area contributed by atoms with E-state index in [1.807, 2.05) is 0 Å². The molecule has 0 bridgehead atoms. The van der Waals surface area contributed by atoms with Gasteiger partial charge in [-0.3, -0.25) is 0 Å². The summed E-state index contributed by atoms with van der Waals surface area (Å²) in [6, 6.07) is 5.79. The van der Waals surface area contributed by atoms with Crippen molar-refractivity contribution in [2.75, 3.05) is 0 Å². The Bertz CT molecular complexity index is 696. The van der Waals surface area contributed by atoms with E-state index in [2.05, 4.69) is 0 Å². The first kappa shape index (κ1) is 16.6. The van der Waals surface area contributed by atoms with Gasteiger partial charge in [0.25, 0.3) is 0 Å². The Labute approximate surface area is 121 Å². The van der Waals surface area contributed by atoms with E-state index in [0.29, 0.717) is 11.6 Å². The van der Waals surface area contributed by atoms with Crippen molar-refractivity contribution in [3.63, 3.8) is 0 Å². The van der Waals surface area contributed by atoms with Crippen LogP contribution in [0, 0.1) is 13.8 Å². The largest absolute Gasteiger partial charge is 0.435 e. The average molecular weight is 324 g/mol. The molecule has 22 heavy (non-hydrogen) atoms. The highest BCUT2D eigenvalue weighted by Crippen LogP contribution is 2.55.